The van der Waals surface area contributed by atoms with Crippen LogP contribution < -0.4 is 5.73 Å². The molecule has 0 saturated heterocycles. The Hall–Kier alpha value is -0.670. The van der Waals surface area contributed by atoms with Crippen LogP contribution in [0.2, 0.25) is 0 Å². The zero-order valence-corrected chi connectivity index (χ0v) is 13.1. The molecule has 0 spiro atoms. The van der Waals surface area contributed by atoms with Crippen LogP contribution in [0.15, 0.2) is 11.1 Å². The largest absolute Gasteiger partial charge is 0.326 e. The van der Waals surface area contributed by atoms with Crippen molar-refractivity contribution < 1.29 is 0 Å². The lowest BCUT2D eigenvalue weighted by atomic mass is 9.94. The molecule has 0 bridgehead atoms. The van der Waals surface area contributed by atoms with E-state index >= 15 is 0 Å². The number of nitrogens with two attached hydrogens (primary N) is 1. The van der Waals surface area contributed by atoms with Crippen molar-refractivity contribution in [3.05, 3.63) is 21.4 Å². The van der Waals surface area contributed by atoms with E-state index < -0.39 is 0 Å². The fraction of sp³-hybridized carbons (Fsp3) is 0.688. The molecule has 0 unspecified atom stereocenters. The Balaban J connectivity index is 2.15. The summed E-state index contributed by atoms with van der Waals surface area (Å²) < 4.78 is 0. The topological polar surface area (TPSA) is 38.4 Å². The van der Waals surface area contributed by atoms with Crippen molar-refractivity contribution in [1.29, 1.82) is 0 Å². The van der Waals surface area contributed by atoms with Gasteiger partial charge in [-0.25, -0.2) is 0 Å². The summed E-state index contributed by atoms with van der Waals surface area (Å²) in [5.74, 6) is 0.871. The molecular weight excluding hydrogens is 252 g/mol. The number of hydrogen-bond acceptors (Lipinski definition) is 3. The van der Waals surface area contributed by atoms with E-state index in [1.165, 1.54) is 60.3 Å². The molecule has 1 aliphatic rings. The van der Waals surface area contributed by atoms with Gasteiger partial charge in [-0.3, -0.25) is 4.99 Å². The molecular formula is C16H26N2S. The van der Waals surface area contributed by atoms with Gasteiger partial charge >= 0.3 is 0 Å². The van der Waals surface area contributed by atoms with Crippen LogP contribution >= 0.6 is 11.3 Å². The Morgan fingerprint density at radius 1 is 1.32 bits per heavy atom. The maximum atomic E-state index is 5.80. The van der Waals surface area contributed by atoms with Crippen molar-refractivity contribution >= 4 is 17.0 Å². The van der Waals surface area contributed by atoms with E-state index in [1.54, 1.807) is 0 Å². The molecule has 0 aliphatic heterocycles. The van der Waals surface area contributed by atoms with Crippen molar-refractivity contribution in [3.63, 3.8) is 0 Å². The highest BCUT2D eigenvalue weighted by molar-refractivity contribution is 7.12. The van der Waals surface area contributed by atoms with Gasteiger partial charge in [-0.2, -0.15) is 0 Å². The summed E-state index contributed by atoms with van der Waals surface area (Å²) in [6.07, 6.45) is 9.71. The number of rotatable bonds is 4. The first-order chi connectivity index (χ1) is 9.24. The zero-order valence-electron chi connectivity index (χ0n) is 12.2. The van der Waals surface area contributed by atoms with Crippen LogP contribution in [-0.4, -0.2) is 12.8 Å². The number of thiophene rings is 1. The van der Waals surface area contributed by atoms with E-state index in [1.807, 2.05) is 18.4 Å². The molecule has 2 nitrogen and oxygen atoms in total. The molecule has 19 heavy (non-hydrogen) atoms. The van der Waals surface area contributed by atoms with E-state index in [0.29, 0.717) is 6.54 Å². The van der Waals surface area contributed by atoms with Crippen LogP contribution in [0.5, 0.6) is 0 Å². The predicted octanol–water partition coefficient (Wildman–Crippen LogP) is 4.16. The summed E-state index contributed by atoms with van der Waals surface area (Å²) >= 11 is 1.90. The monoisotopic (exact) mass is 278 g/mol. The molecule has 1 heterocycles. The fourth-order valence-electron chi connectivity index (χ4n) is 2.99. The quantitative estimate of drug-likeness (QED) is 0.652. The Kier molecular flexibility index (Phi) is 5.59. The highest BCUT2D eigenvalue weighted by Gasteiger charge is 2.17. The van der Waals surface area contributed by atoms with E-state index in [-0.39, 0.29) is 0 Å². The third-order valence-electron chi connectivity index (χ3n) is 4.24. The Morgan fingerprint density at radius 3 is 2.58 bits per heavy atom. The summed E-state index contributed by atoms with van der Waals surface area (Å²) in [4.78, 5) is 7.16. The van der Waals surface area contributed by atoms with Gasteiger partial charge in [0.15, 0.2) is 0 Å². The van der Waals surface area contributed by atoms with Gasteiger partial charge in [0.05, 0.1) is 0 Å². The lowest BCUT2D eigenvalue weighted by Crippen LogP contribution is -2.05. The second kappa shape index (κ2) is 7.20. The second-order valence-electron chi connectivity index (χ2n) is 5.62. The van der Waals surface area contributed by atoms with Gasteiger partial charge < -0.3 is 5.73 Å². The third kappa shape index (κ3) is 3.90. The minimum atomic E-state index is 0.652. The predicted molar refractivity (Wildman–Crippen MR) is 85.2 cm³/mol. The smallest absolute Gasteiger partial charge is 0.0397 e. The van der Waals surface area contributed by atoms with Gasteiger partial charge in [-0.05, 0) is 25.3 Å². The van der Waals surface area contributed by atoms with E-state index in [0.717, 1.165) is 11.6 Å². The van der Waals surface area contributed by atoms with Crippen LogP contribution in [0.25, 0.3) is 0 Å². The van der Waals surface area contributed by atoms with Gasteiger partial charge in [-0.1, -0.05) is 38.5 Å². The molecule has 1 aromatic heterocycles. The van der Waals surface area contributed by atoms with Gasteiger partial charge in [-0.15, -0.1) is 11.3 Å². The minimum absolute atomic E-state index is 0.652. The average molecular weight is 278 g/mol. The van der Waals surface area contributed by atoms with Crippen LogP contribution in [0.3, 0.4) is 0 Å². The molecule has 106 valence electrons. The van der Waals surface area contributed by atoms with Gasteiger partial charge in [0, 0.05) is 34.6 Å². The van der Waals surface area contributed by atoms with Crippen LogP contribution in [-0.2, 0) is 13.0 Å². The highest BCUT2D eigenvalue weighted by Crippen LogP contribution is 2.31. The molecule has 2 rings (SSSR count). The van der Waals surface area contributed by atoms with Crippen molar-refractivity contribution in [2.75, 3.05) is 7.05 Å². The molecule has 0 amide bonds. The van der Waals surface area contributed by atoms with Crippen LogP contribution in [0.1, 0.15) is 60.8 Å². The van der Waals surface area contributed by atoms with E-state index in [9.17, 15) is 0 Å². The minimum Gasteiger partial charge on any atom is -0.326 e. The number of aliphatic imine (C=N–C) groups is 1. The Bertz CT molecular complexity index is 426. The molecule has 2 N–H and O–H groups in total. The first-order valence-electron chi connectivity index (χ1n) is 7.50. The maximum absolute atomic E-state index is 5.80. The second-order valence-corrected chi connectivity index (χ2v) is 6.85. The highest BCUT2D eigenvalue weighted by atomic mass is 32.1. The molecule has 1 aliphatic carbocycles. The fourth-order valence-corrected chi connectivity index (χ4v) is 4.21. The molecule has 1 aromatic rings. The van der Waals surface area contributed by atoms with Crippen molar-refractivity contribution in [3.8, 4) is 0 Å². The summed E-state index contributed by atoms with van der Waals surface area (Å²) in [5.41, 5.74) is 8.30. The zero-order chi connectivity index (χ0) is 13.7. The van der Waals surface area contributed by atoms with E-state index in [4.69, 9.17) is 5.73 Å². The third-order valence-corrected chi connectivity index (χ3v) is 5.41. The average Bonchev–Trinajstić information content (AvgIpc) is 2.65. The van der Waals surface area contributed by atoms with Crippen molar-refractivity contribution in [1.82, 2.24) is 0 Å². The number of hydrogen-bond donors (Lipinski definition) is 1. The number of nitrogens with zero attached hydrogens (tertiary/aromatic N) is 1. The summed E-state index contributed by atoms with van der Waals surface area (Å²) in [7, 11) is 1.88. The SMILES string of the molecule is C/N=C(/C)c1cc(CN)sc1CC1CCCCCC1. The van der Waals surface area contributed by atoms with Crippen molar-refractivity contribution in [2.24, 2.45) is 16.6 Å². The lowest BCUT2D eigenvalue weighted by molar-refractivity contribution is 0.461. The molecule has 0 radical (unpaired) electrons. The van der Waals surface area contributed by atoms with Crippen LogP contribution in [0, 0.1) is 5.92 Å². The summed E-state index contributed by atoms with van der Waals surface area (Å²) in [5, 5.41) is 0. The molecule has 1 fully saturated rings. The Morgan fingerprint density at radius 2 is 2.00 bits per heavy atom. The summed E-state index contributed by atoms with van der Waals surface area (Å²) in [6, 6.07) is 2.25. The standard InChI is InChI=1S/C16H26N2S/c1-12(18-2)15-10-14(11-17)19-16(15)9-13-7-5-3-4-6-8-13/h10,13H,3-9,11,17H2,1-2H3/b18-12-. The van der Waals surface area contributed by atoms with E-state index in [2.05, 4.69) is 18.0 Å². The van der Waals surface area contributed by atoms with Gasteiger partial charge in [0.2, 0.25) is 0 Å². The normalized spacial score (nSPS) is 18.6. The molecule has 0 aromatic carbocycles. The maximum Gasteiger partial charge on any atom is 0.0397 e. The van der Waals surface area contributed by atoms with Gasteiger partial charge in [0.25, 0.3) is 0 Å². The molecule has 1 saturated carbocycles. The molecule has 0 atom stereocenters. The first kappa shape index (κ1) is 14.7. The Labute approximate surface area is 121 Å². The molecule has 3 heteroatoms. The van der Waals surface area contributed by atoms with Gasteiger partial charge in [0.1, 0.15) is 0 Å². The summed E-state index contributed by atoms with van der Waals surface area (Å²) in [6.45, 7) is 2.76. The van der Waals surface area contributed by atoms with Crippen molar-refractivity contribution in [2.45, 2.75) is 58.4 Å². The lowest BCUT2D eigenvalue weighted by Gasteiger charge is -2.13. The van der Waals surface area contributed by atoms with Crippen LogP contribution in [0.4, 0.5) is 0 Å². The first-order valence-corrected chi connectivity index (χ1v) is 8.31.